The van der Waals surface area contributed by atoms with Crippen molar-refractivity contribution in [1.29, 1.82) is 0 Å². The van der Waals surface area contributed by atoms with Crippen molar-refractivity contribution in [1.82, 2.24) is 4.31 Å². The van der Waals surface area contributed by atoms with Crippen LogP contribution in [-0.2, 0) is 10.0 Å². The van der Waals surface area contributed by atoms with Crippen molar-refractivity contribution in [2.75, 3.05) is 19.3 Å². The highest BCUT2D eigenvalue weighted by molar-refractivity contribution is 7.88. The number of sulfonamides is 1. The van der Waals surface area contributed by atoms with Crippen molar-refractivity contribution in [3.63, 3.8) is 0 Å². The van der Waals surface area contributed by atoms with Crippen LogP contribution < -0.4 is 0 Å². The number of hydrogen-bond donors (Lipinski definition) is 0. The standard InChI is InChI=1S/C9H15NO2S/c1-5-7-10(13(4,11)12)8-6-9(2)3/h1,6H,7-8H2,2-4H3. The molecule has 0 saturated heterocycles. The highest BCUT2D eigenvalue weighted by Crippen LogP contribution is 1.99. The Morgan fingerprint density at radius 3 is 2.38 bits per heavy atom. The second-order valence-corrected chi connectivity index (χ2v) is 5.02. The molecular weight excluding hydrogens is 186 g/mol. The Labute approximate surface area is 80.5 Å². The number of terminal acetylenes is 1. The van der Waals surface area contributed by atoms with Gasteiger partial charge in [0.1, 0.15) is 0 Å². The number of nitrogens with zero attached hydrogens (tertiary/aromatic N) is 1. The minimum absolute atomic E-state index is 0.128. The molecule has 0 rings (SSSR count). The smallest absolute Gasteiger partial charge is 0.212 e. The van der Waals surface area contributed by atoms with Crippen LogP contribution in [-0.4, -0.2) is 32.1 Å². The average Bonchev–Trinajstić information content (AvgIpc) is 1.95. The van der Waals surface area contributed by atoms with E-state index in [2.05, 4.69) is 5.92 Å². The third-order valence-electron chi connectivity index (χ3n) is 1.44. The molecule has 0 aromatic rings. The number of allylic oxidation sites excluding steroid dienone is 1. The molecule has 3 nitrogen and oxygen atoms in total. The van der Waals surface area contributed by atoms with E-state index >= 15 is 0 Å². The fourth-order valence-electron chi connectivity index (χ4n) is 0.703. The molecule has 0 aliphatic carbocycles. The Morgan fingerprint density at radius 2 is 2.08 bits per heavy atom. The van der Waals surface area contributed by atoms with Crippen molar-refractivity contribution in [2.45, 2.75) is 13.8 Å². The molecule has 0 radical (unpaired) electrons. The van der Waals surface area contributed by atoms with Crippen LogP contribution in [0.5, 0.6) is 0 Å². The van der Waals surface area contributed by atoms with Gasteiger partial charge in [0.25, 0.3) is 0 Å². The van der Waals surface area contributed by atoms with Crippen LogP contribution in [0.2, 0.25) is 0 Å². The summed E-state index contributed by atoms with van der Waals surface area (Å²) in [6.07, 6.45) is 8.04. The van der Waals surface area contributed by atoms with Crippen LogP contribution in [0.4, 0.5) is 0 Å². The van der Waals surface area contributed by atoms with Gasteiger partial charge in [-0.1, -0.05) is 17.6 Å². The zero-order valence-electron chi connectivity index (χ0n) is 8.24. The van der Waals surface area contributed by atoms with Gasteiger partial charge in [-0.05, 0) is 13.8 Å². The fourth-order valence-corrected chi connectivity index (χ4v) is 1.36. The van der Waals surface area contributed by atoms with Gasteiger partial charge in [-0.2, -0.15) is 4.31 Å². The van der Waals surface area contributed by atoms with Gasteiger partial charge in [0.05, 0.1) is 12.8 Å². The summed E-state index contributed by atoms with van der Waals surface area (Å²) in [6, 6.07) is 0. The molecule has 0 heterocycles. The van der Waals surface area contributed by atoms with E-state index in [0.717, 1.165) is 11.8 Å². The van der Waals surface area contributed by atoms with Crippen molar-refractivity contribution >= 4 is 10.0 Å². The SMILES string of the molecule is C#CCN(CC=C(C)C)S(C)(=O)=O. The summed E-state index contributed by atoms with van der Waals surface area (Å²) >= 11 is 0. The Kier molecular flexibility index (Phi) is 4.74. The van der Waals surface area contributed by atoms with Crippen LogP contribution >= 0.6 is 0 Å². The maximum Gasteiger partial charge on any atom is 0.212 e. The lowest BCUT2D eigenvalue weighted by atomic mass is 10.3. The minimum atomic E-state index is -3.18. The molecule has 0 saturated carbocycles. The molecule has 4 heteroatoms. The Bertz CT molecular complexity index is 318. The largest absolute Gasteiger partial charge is 0.212 e. The van der Waals surface area contributed by atoms with E-state index in [1.807, 2.05) is 19.9 Å². The van der Waals surface area contributed by atoms with Crippen molar-refractivity contribution in [3.05, 3.63) is 11.6 Å². The average molecular weight is 201 g/mol. The van der Waals surface area contributed by atoms with Crippen LogP contribution in [0, 0.1) is 12.3 Å². The summed E-state index contributed by atoms with van der Waals surface area (Å²) in [6.45, 7) is 4.31. The van der Waals surface area contributed by atoms with Crippen LogP contribution in [0.15, 0.2) is 11.6 Å². The lowest BCUT2D eigenvalue weighted by molar-refractivity contribution is 0.483. The predicted octanol–water partition coefficient (Wildman–Crippen LogP) is 0.847. The van der Waals surface area contributed by atoms with Gasteiger partial charge in [-0.3, -0.25) is 0 Å². The molecule has 0 fully saturated rings. The van der Waals surface area contributed by atoms with Crippen LogP contribution in [0.3, 0.4) is 0 Å². The first-order valence-electron chi connectivity index (χ1n) is 3.90. The summed E-state index contributed by atoms with van der Waals surface area (Å²) in [4.78, 5) is 0. The molecule has 0 aliphatic heterocycles. The molecule has 0 spiro atoms. The molecule has 0 N–H and O–H groups in total. The zero-order chi connectivity index (χ0) is 10.5. The van der Waals surface area contributed by atoms with Gasteiger partial charge >= 0.3 is 0 Å². The normalized spacial score (nSPS) is 11.0. The zero-order valence-corrected chi connectivity index (χ0v) is 9.06. The molecule has 0 aromatic heterocycles. The lowest BCUT2D eigenvalue weighted by Gasteiger charge is -2.14. The molecule has 0 bridgehead atoms. The second-order valence-electron chi connectivity index (χ2n) is 3.04. The van der Waals surface area contributed by atoms with E-state index in [4.69, 9.17) is 6.42 Å². The highest BCUT2D eigenvalue weighted by Gasteiger charge is 2.12. The highest BCUT2D eigenvalue weighted by atomic mass is 32.2. The maximum atomic E-state index is 11.1. The van der Waals surface area contributed by atoms with Gasteiger partial charge in [0.15, 0.2) is 0 Å². The van der Waals surface area contributed by atoms with E-state index in [9.17, 15) is 8.42 Å². The summed E-state index contributed by atoms with van der Waals surface area (Å²) < 4.78 is 23.5. The first kappa shape index (κ1) is 12.2. The van der Waals surface area contributed by atoms with Gasteiger partial charge in [0, 0.05) is 6.54 Å². The molecule has 74 valence electrons. The monoisotopic (exact) mass is 201 g/mol. The fraction of sp³-hybridized carbons (Fsp3) is 0.556. The van der Waals surface area contributed by atoms with E-state index in [1.54, 1.807) is 0 Å². The van der Waals surface area contributed by atoms with Gasteiger partial charge in [-0.25, -0.2) is 8.42 Å². The van der Waals surface area contributed by atoms with E-state index in [-0.39, 0.29) is 6.54 Å². The van der Waals surface area contributed by atoms with E-state index in [1.165, 1.54) is 4.31 Å². The Morgan fingerprint density at radius 1 is 1.54 bits per heavy atom. The first-order chi connectivity index (χ1) is 5.88. The molecule has 0 atom stereocenters. The van der Waals surface area contributed by atoms with E-state index < -0.39 is 10.0 Å². The van der Waals surface area contributed by atoms with Gasteiger partial charge in [0.2, 0.25) is 10.0 Å². The first-order valence-corrected chi connectivity index (χ1v) is 5.74. The summed E-state index contributed by atoms with van der Waals surface area (Å²) in [5.74, 6) is 2.32. The second kappa shape index (κ2) is 5.05. The van der Waals surface area contributed by atoms with Gasteiger partial charge < -0.3 is 0 Å². The minimum Gasteiger partial charge on any atom is -0.212 e. The third-order valence-corrected chi connectivity index (χ3v) is 2.66. The van der Waals surface area contributed by atoms with Crippen molar-refractivity contribution < 1.29 is 8.42 Å². The molecule has 13 heavy (non-hydrogen) atoms. The Balaban J connectivity index is 4.48. The van der Waals surface area contributed by atoms with Gasteiger partial charge in [-0.15, -0.1) is 6.42 Å². The molecular formula is C9H15NO2S. The molecule has 0 unspecified atom stereocenters. The van der Waals surface area contributed by atoms with Crippen LogP contribution in [0.25, 0.3) is 0 Å². The summed E-state index contributed by atoms with van der Waals surface area (Å²) in [7, 11) is -3.18. The Hall–Kier alpha value is -0.790. The number of rotatable bonds is 4. The summed E-state index contributed by atoms with van der Waals surface area (Å²) in [5, 5.41) is 0. The van der Waals surface area contributed by atoms with Crippen LogP contribution in [0.1, 0.15) is 13.8 Å². The van der Waals surface area contributed by atoms with Crippen molar-refractivity contribution in [2.24, 2.45) is 0 Å². The van der Waals surface area contributed by atoms with E-state index in [0.29, 0.717) is 6.54 Å². The predicted molar refractivity (Wildman–Crippen MR) is 54.7 cm³/mol. The quantitative estimate of drug-likeness (QED) is 0.499. The van der Waals surface area contributed by atoms with Crippen molar-refractivity contribution in [3.8, 4) is 12.3 Å². The summed E-state index contributed by atoms with van der Waals surface area (Å²) in [5.41, 5.74) is 1.07. The number of hydrogen-bond acceptors (Lipinski definition) is 2. The lowest BCUT2D eigenvalue weighted by Crippen LogP contribution is -2.30. The maximum absolute atomic E-state index is 11.1. The topological polar surface area (TPSA) is 37.4 Å². The molecule has 0 aromatic carbocycles. The molecule has 0 aliphatic rings. The molecule has 0 amide bonds. The third kappa shape index (κ3) is 5.45.